The quantitative estimate of drug-likeness (QED) is 0.650. The van der Waals surface area contributed by atoms with E-state index in [1.807, 2.05) is 6.07 Å². The van der Waals surface area contributed by atoms with Gasteiger partial charge in [-0.1, -0.05) is 23.8 Å². The van der Waals surface area contributed by atoms with E-state index in [0.717, 1.165) is 6.42 Å². The smallest absolute Gasteiger partial charge is 0.277 e. The first-order valence-electron chi connectivity index (χ1n) is 8.91. The van der Waals surface area contributed by atoms with E-state index in [0.29, 0.717) is 56.1 Å². The third-order valence-electron chi connectivity index (χ3n) is 4.74. The van der Waals surface area contributed by atoms with Crippen LogP contribution in [0.5, 0.6) is 0 Å². The molecule has 0 spiro atoms. The van der Waals surface area contributed by atoms with Crippen LogP contribution in [0.1, 0.15) is 38.5 Å². The Labute approximate surface area is 150 Å². The second kappa shape index (κ2) is 8.07. The highest BCUT2D eigenvalue weighted by Gasteiger charge is 2.28. The van der Waals surface area contributed by atoms with Crippen LogP contribution < -0.4 is 10.7 Å². The van der Waals surface area contributed by atoms with Crippen LogP contribution in [-0.4, -0.2) is 44.4 Å². The third-order valence-corrected chi connectivity index (χ3v) is 4.74. The predicted octanol–water partition coefficient (Wildman–Crippen LogP) is 0.0928. The SMILES string of the molecule is O=C([O-])[C@H]1CCCN1C(=O)CCCCCn1nnc2ccccc2c1=O. The number of hydrogen-bond donors (Lipinski definition) is 0. The number of nitrogens with zero attached hydrogens (tertiary/aromatic N) is 4. The Morgan fingerprint density at radius 1 is 1.19 bits per heavy atom. The Kier molecular flexibility index (Phi) is 5.60. The first-order chi connectivity index (χ1) is 12.6. The Morgan fingerprint density at radius 2 is 2.00 bits per heavy atom. The molecule has 1 fully saturated rings. The maximum atomic E-state index is 12.3. The maximum Gasteiger partial charge on any atom is 0.277 e. The van der Waals surface area contributed by atoms with Crippen LogP contribution in [0.4, 0.5) is 0 Å². The molecule has 1 aliphatic rings. The lowest BCUT2D eigenvalue weighted by atomic mass is 10.1. The summed E-state index contributed by atoms with van der Waals surface area (Å²) in [5.74, 6) is -1.32. The molecule has 1 saturated heterocycles. The molecule has 3 rings (SSSR count). The fourth-order valence-corrected chi connectivity index (χ4v) is 3.34. The van der Waals surface area contributed by atoms with Crippen molar-refractivity contribution in [2.75, 3.05) is 6.54 Å². The molecule has 0 radical (unpaired) electrons. The maximum absolute atomic E-state index is 12.3. The molecule has 1 aromatic carbocycles. The highest BCUT2D eigenvalue weighted by Crippen LogP contribution is 2.18. The summed E-state index contributed by atoms with van der Waals surface area (Å²) in [5, 5.41) is 19.5. The molecule has 0 unspecified atom stereocenters. The van der Waals surface area contributed by atoms with E-state index in [2.05, 4.69) is 10.3 Å². The zero-order chi connectivity index (χ0) is 18.5. The van der Waals surface area contributed by atoms with E-state index in [9.17, 15) is 19.5 Å². The molecular weight excluding hydrogens is 336 g/mol. The molecule has 0 N–H and O–H groups in total. The molecule has 0 bridgehead atoms. The Hall–Kier alpha value is -2.77. The zero-order valence-corrected chi connectivity index (χ0v) is 14.5. The van der Waals surface area contributed by atoms with Crippen LogP contribution in [0.2, 0.25) is 0 Å². The van der Waals surface area contributed by atoms with Gasteiger partial charge in [0.15, 0.2) is 0 Å². The van der Waals surface area contributed by atoms with Crippen LogP contribution in [0.15, 0.2) is 29.1 Å². The number of rotatable bonds is 7. The van der Waals surface area contributed by atoms with E-state index in [1.165, 1.54) is 9.58 Å². The first-order valence-corrected chi connectivity index (χ1v) is 8.91. The molecule has 0 aliphatic carbocycles. The highest BCUT2D eigenvalue weighted by molar-refractivity contribution is 5.83. The average Bonchev–Trinajstić information content (AvgIpc) is 3.13. The van der Waals surface area contributed by atoms with Crippen molar-refractivity contribution in [3.8, 4) is 0 Å². The lowest BCUT2D eigenvalue weighted by Gasteiger charge is -2.25. The van der Waals surface area contributed by atoms with E-state index in [4.69, 9.17) is 0 Å². The summed E-state index contributed by atoms with van der Waals surface area (Å²) in [6, 6.07) is 6.29. The minimum Gasteiger partial charge on any atom is -0.548 e. The van der Waals surface area contributed by atoms with Crippen LogP contribution in [-0.2, 0) is 16.1 Å². The largest absolute Gasteiger partial charge is 0.548 e. The van der Waals surface area contributed by atoms with E-state index in [-0.39, 0.29) is 11.5 Å². The number of hydrogen-bond acceptors (Lipinski definition) is 6. The van der Waals surface area contributed by atoms with Gasteiger partial charge in [-0.15, -0.1) is 5.10 Å². The number of unbranched alkanes of at least 4 members (excludes halogenated alkanes) is 2. The highest BCUT2D eigenvalue weighted by atomic mass is 16.4. The number of carbonyl (C=O) groups excluding carboxylic acids is 2. The first kappa shape index (κ1) is 18.0. The van der Waals surface area contributed by atoms with Gasteiger partial charge in [-0.3, -0.25) is 9.59 Å². The fourth-order valence-electron chi connectivity index (χ4n) is 3.34. The molecule has 138 valence electrons. The van der Waals surface area contributed by atoms with Gasteiger partial charge < -0.3 is 14.8 Å². The third kappa shape index (κ3) is 3.89. The minimum absolute atomic E-state index is 0.139. The van der Waals surface area contributed by atoms with Gasteiger partial charge in [0.1, 0.15) is 5.52 Å². The van der Waals surface area contributed by atoms with E-state index < -0.39 is 12.0 Å². The van der Waals surface area contributed by atoms with Crippen molar-refractivity contribution in [3.63, 3.8) is 0 Å². The lowest BCUT2D eigenvalue weighted by Crippen LogP contribution is -2.46. The van der Waals surface area contributed by atoms with Gasteiger partial charge in [0.25, 0.3) is 5.56 Å². The molecule has 2 aromatic rings. The number of aromatic nitrogens is 3. The van der Waals surface area contributed by atoms with Gasteiger partial charge in [-0.2, -0.15) is 0 Å². The molecule has 2 heterocycles. The standard InChI is InChI=1S/C18H22N4O4/c23-16(21-11-6-9-15(21)18(25)26)10-2-1-5-12-22-17(24)13-7-3-4-8-14(13)19-20-22/h3-4,7-8,15H,1-2,5-6,9-12H2,(H,25,26)/p-1/t15-/m1/s1. The molecule has 8 nitrogen and oxygen atoms in total. The molecule has 1 aromatic heterocycles. The number of aryl methyl sites for hydroxylation is 1. The molecule has 1 atom stereocenters. The van der Waals surface area contributed by atoms with Gasteiger partial charge >= 0.3 is 0 Å². The average molecular weight is 357 g/mol. The number of carboxylic acid groups (broad SMARTS) is 1. The number of likely N-dealkylation sites (tertiary alicyclic amines) is 1. The summed E-state index contributed by atoms with van der Waals surface area (Å²) < 4.78 is 1.34. The van der Waals surface area contributed by atoms with Crippen molar-refractivity contribution in [1.29, 1.82) is 0 Å². The summed E-state index contributed by atoms with van der Waals surface area (Å²) in [4.78, 5) is 36.9. The molecule has 8 heteroatoms. The molecule has 26 heavy (non-hydrogen) atoms. The Bertz CT molecular complexity index is 864. The van der Waals surface area contributed by atoms with Gasteiger partial charge in [-0.05, 0) is 37.8 Å². The van der Waals surface area contributed by atoms with Crippen LogP contribution in [0.3, 0.4) is 0 Å². The van der Waals surface area contributed by atoms with Crippen molar-refractivity contribution in [2.24, 2.45) is 0 Å². The number of carbonyl (C=O) groups is 2. The van der Waals surface area contributed by atoms with Crippen molar-refractivity contribution >= 4 is 22.8 Å². The van der Waals surface area contributed by atoms with Crippen LogP contribution >= 0.6 is 0 Å². The minimum atomic E-state index is -1.18. The fraction of sp³-hybridized carbons (Fsp3) is 0.500. The monoisotopic (exact) mass is 357 g/mol. The van der Waals surface area contributed by atoms with E-state index >= 15 is 0 Å². The van der Waals surface area contributed by atoms with Crippen molar-refractivity contribution < 1.29 is 14.7 Å². The normalized spacial score (nSPS) is 16.9. The molecular formula is C18H21N4O4-. The van der Waals surface area contributed by atoms with Gasteiger partial charge in [0.05, 0.1) is 17.4 Å². The van der Waals surface area contributed by atoms with Gasteiger partial charge in [-0.25, -0.2) is 4.68 Å². The number of carboxylic acids is 1. The van der Waals surface area contributed by atoms with Gasteiger partial charge in [0, 0.05) is 19.5 Å². The topological polar surface area (TPSA) is 108 Å². The molecule has 1 aliphatic heterocycles. The summed E-state index contributed by atoms with van der Waals surface area (Å²) in [5.41, 5.74) is 0.410. The van der Waals surface area contributed by atoms with Crippen LogP contribution in [0, 0.1) is 0 Å². The van der Waals surface area contributed by atoms with E-state index in [1.54, 1.807) is 18.2 Å². The number of amides is 1. The second-order valence-electron chi connectivity index (χ2n) is 6.51. The number of fused-ring (bicyclic) bond motifs is 1. The molecule has 1 amide bonds. The Morgan fingerprint density at radius 3 is 2.81 bits per heavy atom. The molecule has 0 saturated carbocycles. The summed E-state index contributed by atoms with van der Waals surface area (Å²) in [6.45, 7) is 0.926. The summed E-state index contributed by atoms with van der Waals surface area (Å²) >= 11 is 0. The number of benzene rings is 1. The van der Waals surface area contributed by atoms with Crippen LogP contribution in [0.25, 0.3) is 10.9 Å². The van der Waals surface area contributed by atoms with Crippen molar-refractivity contribution in [2.45, 2.75) is 51.1 Å². The number of aliphatic carboxylic acids is 1. The van der Waals surface area contributed by atoms with Crippen molar-refractivity contribution in [3.05, 3.63) is 34.6 Å². The second-order valence-corrected chi connectivity index (χ2v) is 6.51. The Balaban J connectivity index is 1.46. The zero-order valence-electron chi connectivity index (χ0n) is 14.5. The summed E-state index contributed by atoms with van der Waals surface area (Å²) in [6.07, 6.45) is 3.57. The predicted molar refractivity (Wildman–Crippen MR) is 92.0 cm³/mol. The van der Waals surface area contributed by atoms with Crippen molar-refractivity contribution in [1.82, 2.24) is 19.9 Å². The lowest BCUT2D eigenvalue weighted by molar-refractivity contribution is -0.310. The van der Waals surface area contributed by atoms with Gasteiger partial charge in [0.2, 0.25) is 5.91 Å². The summed E-state index contributed by atoms with van der Waals surface area (Å²) in [7, 11) is 0.